The zero-order valence-corrected chi connectivity index (χ0v) is 11.9. The van der Waals surface area contributed by atoms with Gasteiger partial charge in [-0.3, -0.25) is 0 Å². The molecule has 20 heavy (non-hydrogen) atoms. The van der Waals surface area contributed by atoms with Gasteiger partial charge in [0.1, 0.15) is 23.2 Å². The second kappa shape index (κ2) is 5.01. The van der Waals surface area contributed by atoms with Gasteiger partial charge in [-0.25, -0.2) is 9.37 Å². The standard InChI is InChI=1S/C16H18FN3/c1-5-9-20-14(18)13(19-15(20)16(2,3)4)11-7-6-8-12(17)10-11/h1,6-8,10H,9,18H2,2-4H3. The number of imidazole rings is 1. The number of nitrogens with zero attached hydrogens (tertiary/aromatic N) is 2. The maximum absolute atomic E-state index is 13.4. The van der Waals surface area contributed by atoms with Crippen LogP contribution in [0.25, 0.3) is 11.3 Å². The monoisotopic (exact) mass is 271 g/mol. The minimum atomic E-state index is -0.314. The lowest BCUT2D eigenvalue weighted by molar-refractivity contribution is 0.517. The average molecular weight is 271 g/mol. The first-order valence-electron chi connectivity index (χ1n) is 6.40. The van der Waals surface area contributed by atoms with Crippen LogP contribution in [0.15, 0.2) is 24.3 Å². The van der Waals surface area contributed by atoms with Crippen LogP contribution < -0.4 is 5.73 Å². The summed E-state index contributed by atoms with van der Waals surface area (Å²) < 4.78 is 15.2. The molecule has 0 spiro atoms. The summed E-state index contributed by atoms with van der Waals surface area (Å²) in [5.74, 6) is 3.54. The Hall–Kier alpha value is -2.28. The van der Waals surface area contributed by atoms with Crippen LogP contribution in [0.1, 0.15) is 26.6 Å². The normalized spacial score (nSPS) is 11.3. The maximum Gasteiger partial charge on any atom is 0.132 e. The highest BCUT2D eigenvalue weighted by Gasteiger charge is 2.25. The lowest BCUT2D eigenvalue weighted by atomic mass is 9.95. The predicted molar refractivity (Wildman–Crippen MR) is 79.6 cm³/mol. The predicted octanol–water partition coefficient (Wildman–Crippen LogP) is 3.20. The lowest BCUT2D eigenvalue weighted by Crippen LogP contribution is -2.19. The van der Waals surface area contributed by atoms with E-state index in [4.69, 9.17) is 12.2 Å². The van der Waals surface area contributed by atoms with Crippen LogP contribution in [0.5, 0.6) is 0 Å². The topological polar surface area (TPSA) is 43.8 Å². The molecule has 1 aromatic carbocycles. The first-order chi connectivity index (χ1) is 9.34. The van der Waals surface area contributed by atoms with E-state index in [0.29, 0.717) is 23.6 Å². The van der Waals surface area contributed by atoms with Gasteiger partial charge in [-0.2, -0.15) is 0 Å². The lowest BCUT2D eigenvalue weighted by Gasteiger charge is -2.18. The van der Waals surface area contributed by atoms with Crippen LogP contribution in [0.3, 0.4) is 0 Å². The number of hydrogen-bond donors (Lipinski definition) is 1. The smallest absolute Gasteiger partial charge is 0.132 e. The van der Waals surface area contributed by atoms with E-state index in [9.17, 15) is 4.39 Å². The molecule has 104 valence electrons. The quantitative estimate of drug-likeness (QED) is 0.852. The highest BCUT2D eigenvalue weighted by molar-refractivity contribution is 5.71. The number of benzene rings is 1. The van der Waals surface area contributed by atoms with Crippen LogP contribution in [0.2, 0.25) is 0 Å². The van der Waals surface area contributed by atoms with E-state index in [0.717, 1.165) is 5.82 Å². The molecule has 0 fully saturated rings. The van der Waals surface area contributed by atoms with Gasteiger partial charge in [0, 0.05) is 11.0 Å². The molecule has 2 rings (SSSR count). The molecular weight excluding hydrogens is 253 g/mol. The summed E-state index contributed by atoms with van der Waals surface area (Å²) >= 11 is 0. The summed E-state index contributed by atoms with van der Waals surface area (Å²) in [5, 5.41) is 0. The van der Waals surface area contributed by atoms with Gasteiger partial charge >= 0.3 is 0 Å². The number of hydrogen-bond acceptors (Lipinski definition) is 2. The zero-order valence-electron chi connectivity index (χ0n) is 11.9. The Morgan fingerprint density at radius 3 is 2.65 bits per heavy atom. The van der Waals surface area contributed by atoms with E-state index >= 15 is 0 Å². The molecule has 0 atom stereocenters. The number of halogens is 1. The molecule has 0 aliphatic heterocycles. The highest BCUT2D eigenvalue weighted by Crippen LogP contribution is 2.31. The molecule has 0 saturated heterocycles. The van der Waals surface area contributed by atoms with Crippen molar-refractivity contribution in [3.63, 3.8) is 0 Å². The molecule has 0 aliphatic carbocycles. The van der Waals surface area contributed by atoms with Crippen molar-refractivity contribution in [3.05, 3.63) is 35.9 Å². The van der Waals surface area contributed by atoms with Crippen LogP contribution >= 0.6 is 0 Å². The van der Waals surface area contributed by atoms with Gasteiger partial charge in [-0.15, -0.1) is 6.42 Å². The van der Waals surface area contributed by atoms with Gasteiger partial charge < -0.3 is 10.3 Å². The van der Waals surface area contributed by atoms with Crippen molar-refractivity contribution < 1.29 is 4.39 Å². The number of rotatable bonds is 2. The molecule has 2 N–H and O–H groups in total. The van der Waals surface area contributed by atoms with Gasteiger partial charge in [-0.1, -0.05) is 38.8 Å². The third-order valence-corrected chi connectivity index (χ3v) is 3.03. The van der Waals surface area contributed by atoms with E-state index in [1.54, 1.807) is 16.7 Å². The van der Waals surface area contributed by atoms with E-state index in [1.807, 2.05) is 20.8 Å². The molecule has 0 saturated carbocycles. The summed E-state index contributed by atoms with van der Waals surface area (Å²) in [6, 6.07) is 6.24. The van der Waals surface area contributed by atoms with Crippen molar-refractivity contribution in [1.82, 2.24) is 9.55 Å². The maximum atomic E-state index is 13.4. The highest BCUT2D eigenvalue weighted by atomic mass is 19.1. The fourth-order valence-electron chi connectivity index (χ4n) is 2.14. The minimum Gasteiger partial charge on any atom is -0.383 e. The number of nitrogen functional groups attached to an aromatic ring is 1. The van der Waals surface area contributed by atoms with Crippen LogP contribution in [0, 0.1) is 18.2 Å². The molecule has 1 aromatic heterocycles. The minimum absolute atomic E-state index is 0.198. The number of terminal acetylenes is 1. The first-order valence-corrected chi connectivity index (χ1v) is 6.40. The molecule has 4 heteroatoms. The molecule has 1 heterocycles. The first kappa shape index (κ1) is 14.1. The molecule has 0 aliphatic rings. The Labute approximate surface area is 118 Å². The van der Waals surface area contributed by atoms with Crippen LogP contribution in [-0.4, -0.2) is 9.55 Å². The number of anilines is 1. The number of aromatic nitrogens is 2. The fourth-order valence-corrected chi connectivity index (χ4v) is 2.14. The third-order valence-electron chi connectivity index (χ3n) is 3.03. The summed E-state index contributed by atoms with van der Waals surface area (Å²) in [4.78, 5) is 4.59. The van der Waals surface area contributed by atoms with Crippen molar-refractivity contribution in [2.45, 2.75) is 32.7 Å². The second-order valence-electron chi connectivity index (χ2n) is 5.72. The Morgan fingerprint density at radius 2 is 2.10 bits per heavy atom. The Bertz CT molecular complexity index is 672. The summed E-state index contributed by atoms with van der Waals surface area (Å²) in [7, 11) is 0. The van der Waals surface area contributed by atoms with Crippen molar-refractivity contribution in [3.8, 4) is 23.6 Å². The van der Waals surface area contributed by atoms with Gasteiger partial charge in [0.25, 0.3) is 0 Å². The molecule has 0 bridgehead atoms. The number of nitrogens with two attached hydrogens (primary N) is 1. The summed E-state index contributed by atoms with van der Waals surface area (Å²) in [5.41, 5.74) is 7.18. The zero-order chi connectivity index (χ0) is 14.9. The molecule has 0 radical (unpaired) electrons. The molecule has 2 aromatic rings. The second-order valence-corrected chi connectivity index (χ2v) is 5.72. The van der Waals surface area contributed by atoms with Crippen LogP contribution in [0.4, 0.5) is 10.2 Å². The molecule has 3 nitrogen and oxygen atoms in total. The molecule has 0 unspecified atom stereocenters. The Balaban J connectivity index is 2.65. The summed E-state index contributed by atoms with van der Waals surface area (Å²) in [6.07, 6.45) is 5.40. The van der Waals surface area contributed by atoms with E-state index in [2.05, 4.69) is 10.9 Å². The van der Waals surface area contributed by atoms with Crippen molar-refractivity contribution in [1.29, 1.82) is 0 Å². The average Bonchev–Trinajstić information content (AvgIpc) is 2.68. The van der Waals surface area contributed by atoms with Crippen molar-refractivity contribution in [2.75, 3.05) is 5.73 Å². The van der Waals surface area contributed by atoms with E-state index < -0.39 is 0 Å². The van der Waals surface area contributed by atoms with Crippen molar-refractivity contribution in [2.24, 2.45) is 0 Å². The van der Waals surface area contributed by atoms with Crippen molar-refractivity contribution >= 4 is 5.82 Å². The van der Waals surface area contributed by atoms with Gasteiger partial charge in [-0.05, 0) is 12.1 Å². The molecule has 0 amide bonds. The van der Waals surface area contributed by atoms with Gasteiger partial charge in [0.15, 0.2) is 0 Å². The SMILES string of the molecule is C#CCn1c(C(C)(C)C)nc(-c2cccc(F)c2)c1N. The molecular formula is C16H18FN3. The van der Waals surface area contributed by atoms with E-state index in [-0.39, 0.29) is 11.2 Å². The third kappa shape index (κ3) is 2.53. The summed E-state index contributed by atoms with van der Waals surface area (Å²) in [6.45, 7) is 6.46. The van der Waals surface area contributed by atoms with Crippen LogP contribution in [-0.2, 0) is 12.0 Å². The Morgan fingerprint density at radius 1 is 1.40 bits per heavy atom. The Kier molecular flexibility index (Phi) is 3.54. The largest absolute Gasteiger partial charge is 0.383 e. The van der Waals surface area contributed by atoms with Gasteiger partial charge in [0.05, 0.1) is 6.54 Å². The van der Waals surface area contributed by atoms with Gasteiger partial charge in [0.2, 0.25) is 0 Å². The fraction of sp³-hybridized carbons (Fsp3) is 0.312. The van der Waals surface area contributed by atoms with E-state index in [1.165, 1.54) is 12.1 Å².